The summed E-state index contributed by atoms with van der Waals surface area (Å²) in [5, 5.41) is 7.17. The number of amides is 1. The van der Waals surface area contributed by atoms with Crippen LogP contribution < -0.4 is 14.2 Å². The SMILES string of the molecule is COc1ccc(-c2n[nH]c(=S)n2CC(=O)N2CCC[C@H]2c2ccc3c(c2)OCCO3)cc1. The van der Waals surface area contributed by atoms with Gasteiger partial charge in [0.2, 0.25) is 5.91 Å². The van der Waals surface area contributed by atoms with Crippen LogP contribution in [-0.4, -0.2) is 52.4 Å². The summed E-state index contributed by atoms with van der Waals surface area (Å²) in [5.74, 6) is 2.89. The van der Waals surface area contributed by atoms with Crippen molar-refractivity contribution in [3.63, 3.8) is 0 Å². The number of benzene rings is 2. The van der Waals surface area contributed by atoms with E-state index in [1.807, 2.05) is 47.4 Å². The molecule has 0 saturated carbocycles. The molecule has 1 aromatic heterocycles. The van der Waals surface area contributed by atoms with Crippen molar-refractivity contribution >= 4 is 18.1 Å². The van der Waals surface area contributed by atoms with Gasteiger partial charge in [-0.25, -0.2) is 0 Å². The highest BCUT2D eigenvalue weighted by Gasteiger charge is 2.31. The van der Waals surface area contributed by atoms with Crippen LogP contribution in [0.2, 0.25) is 0 Å². The van der Waals surface area contributed by atoms with E-state index in [4.69, 9.17) is 26.4 Å². The molecular weight excluding hydrogens is 428 g/mol. The highest BCUT2D eigenvalue weighted by atomic mass is 32.1. The zero-order chi connectivity index (χ0) is 22.1. The molecule has 0 bridgehead atoms. The van der Waals surface area contributed by atoms with Crippen molar-refractivity contribution in [2.75, 3.05) is 26.9 Å². The summed E-state index contributed by atoms with van der Waals surface area (Å²) >= 11 is 5.42. The number of nitrogens with zero attached hydrogens (tertiary/aromatic N) is 3. The Bertz CT molecular complexity index is 1190. The predicted octanol–water partition coefficient (Wildman–Crippen LogP) is 3.75. The molecule has 32 heavy (non-hydrogen) atoms. The van der Waals surface area contributed by atoms with E-state index < -0.39 is 0 Å². The lowest BCUT2D eigenvalue weighted by Gasteiger charge is -2.27. The average molecular weight is 453 g/mol. The lowest BCUT2D eigenvalue weighted by atomic mass is 10.0. The molecule has 8 nitrogen and oxygen atoms in total. The fourth-order valence-corrected chi connectivity index (χ4v) is 4.53. The van der Waals surface area contributed by atoms with Crippen molar-refractivity contribution < 1.29 is 19.0 Å². The highest BCUT2D eigenvalue weighted by molar-refractivity contribution is 7.71. The molecule has 5 rings (SSSR count). The Kier molecular flexibility index (Phi) is 5.57. The molecule has 3 aromatic rings. The number of ether oxygens (including phenoxy) is 3. The van der Waals surface area contributed by atoms with Crippen LogP contribution in [0.5, 0.6) is 17.2 Å². The number of aromatic nitrogens is 3. The summed E-state index contributed by atoms with van der Waals surface area (Å²) in [4.78, 5) is 15.3. The van der Waals surface area contributed by atoms with E-state index >= 15 is 0 Å². The van der Waals surface area contributed by atoms with Crippen molar-refractivity contribution in [2.24, 2.45) is 0 Å². The van der Waals surface area contributed by atoms with Gasteiger partial charge in [-0.3, -0.25) is 14.5 Å². The molecule has 0 unspecified atom stereocenters. The number of nitrogens with one attached hydrogen (secondary N) is 1. The zero-order valence-corrected chi connectivity index (χ0v) is 18.6. The number of carbonyl (C=O) groups is 1. The highest BCUT2D eigenvalue weighted by Crippen LogP contribution is 2.38. The third-order valence-electron chi connectivity index (χ3n) is 5.92. The maximum absolute atomic E-state index is 13.4. The predicted molar refractivity (Wildman–Crippen MR) is 121 cm³/mol. The van der Waals surface area contributed by atoms with E-state index in [1.165, 1.54) is 0 Å². The lowest BCUT2D eigenvalue weighted by molar-refractivity contribution is -0.132. The van der Waals surface area contributed by atoms with Crippen molar-refractivity contribution in [1.29, 1.82) is 0 Å². The molecule has 2 aliphatic rings. The van der Waals surface area contributed by atoms with Crippen LogP contribution in [0, 0.1) is 4.77 Å². The van der Waals surface area contributed by atoms with E-state index in [9.17, 15) is 4.79 Å². The summed E-state index contributed by atoms with van der Waals surface area (Å²) in [7, 11) is 1.62. The van der Waals surface area contributed by atoms with Gasteiger partial charge in [-0.05, 0) is 67.0 Å². The minimum atomic E-state index is 0.00355. The van der Waals surface area contributed by atoms with Gasteiger partial charge in [-0.2, -0.15) is 5.10 Å². The van der Waals surface area contributed by atoms with Crippen LogP contribution in [-0.2, 0) is 11.3 Å². The second-order valence-electron chi connectivity index (χ2n) is 7.82. The summed E-state index contributed by atoms with van der Waals surface area (Å²) < 4.78 is 18.8. The maximum atomic E-state index is 13.4. The minimum absolute atomic E-state index is 0.00355. The van der Waals surface area contributed by atoms with Gasteiger partial charge in [0.25, 0.3) is 0 Å². The van der Waals surface area contributed by atoms with E-state index in [-0.39, 0.29) is 18.5 Å². The summed E-state index contributed by atoms with van der Waals surface area (Å²) in [6.45, 7) is 1.93. The van der Waals surface area contributed by atoms with E-state index in [2.05, 4.69) is 10.2 Å². The van der Waals surface area contributed by atoms with Crippen LogP contribution in [0.1, 0.15) is 24.4 Å². The normalized spacial score (nSPS) is 17.4. The van der Waals surface area contributed by atoms with Gasteiger partial charge in [-0.15, -0.1) is 0 Å². The molecule has 0 radical (unpaired) electrons. The fraction of sp³-hybridized carbons (Fsp3) is 0.348. The maximum Gasteiger partial charge on any atom is 0.243 e. The molecule has 2 aliphatic heterocycles. The standard InChI is InChI=1S/C23H24N4O4S/c1-29-17-7-4-15(5-8-17)22-24-25-23(32)27(22)14-21(28)26-10-2-3-18(26)16-6-9-19-20(13-16)31-12-11-30-19/h4-9,13,18H,2-3,10-12,14H2,1H3,(H,25,32)/t18-/m0/s1. The number of methoxy groups -OCH3 is 1. The molecule has 3 heterocycles. The number of aromatic amines is 1. The first-order chi connectivity index (χ1) is 15.6. The Morgan fingerprint density at radius 1 is 1.19 bits per heavy atom. The second kappa shape index (κ2) is 8.66. The summed E-state index contributed by atoms with van der Waals surface area (Å²) in [6, 6.07) is 13.5. The quantitative estimate of drug-likeness (QED) is 0.594. The Morgan fingerprint density at radius 2 is 1.97 bits per heavy atom. The van der Waals surface area contributed by atoms with Crippen LogP contribution in [0.4, 0.5) is 0 Å². The Morgan fingerprint density at radius 3 is 2.75 bits per heavy atom. The molecular formula is C23H24N4O4S. The molecule has 1 fully saturated rings. The van der Waals surface area contributed by atoms with Gasteiger partial charge in [0, 0.05) is 12.1 Å². The molecule has 1 N–H and O–H groups in total. The number of fused-ring (bicyclic) bond motifs is 1. The number of hydrogen-bond donors (Lipinski definition) is 1. The van der Waals surface area contributed by atoms with E-state index in [0.29, 0.717) is 30.4 Å². The van der Waals surface area contributed by atoms with Gasteiger partial charge in [0.05, 0.1) is 13.2 Å². The van der Waals surface area contributed by atoms with E-state index in [0.717, 1.165) is 41.2 Å². The molecule has 1 amide bonds. The second-order valence-corrected chi connectivity index (χ2v) is 8.20. The smallest absolute Gasteiger partial charge is 0.243 e. The van der Waals surface area contributed by atoms with Crippen LogP contribution in [0.15, 0.2) is 42.5 Å². The van der Waals surface area contributed by atoms with E-state index in [1.54, 1.807) is 11.7 Å². The van der Waals surface area contributed by atoms with Gasteiger partial charge >= 0.3 is 0 Å². The Labute approximate surface area is 190 Å². The monoisotopic (exact) mass is 452 g/mol. The first-order valence-electron chi connectivity index (χ1n) is 10.6. The Hall–Kier alpha value is -3.33. The number of hydrogen-bond acceptors (Lipinski definition) is 6. The van der Waals surface area contributed by atoms with Gasteiger partial charge in [-0.1, -0.05) is 6.07 Å². The lowest BCUT2D eigenvalue weighted by Crippen LogP contribution is -2.33. The topological polar surface area (TPSA) is 81.6 Å². The van der Waals surface area contributed by atoms with Crippen molar-refractivity contribution in [2.45, 2.75) is 25.4 Å². The fourth-order valence-electron chi connectivity index (χ4n) is 4.33. The third-order valence-corrected chi connectivity index (χ3v) is 6.24. The first-order valence-corrected chi connectivity index (χ1v) is 11.0. The zero-order valence-electron chi connectivity index (χ0n) is 17.7. The van der Waals surface area contributed by atoms with Crippen LogP contribution in [0.25, 0.3) is 11.4 Å². The minimum Gasteiger partial charge on any atom is -0.497 e. The average Bonchev–Trinajstić information content (AvgIpc) is 3.46. The molecule has 0 aliphatic carbocycles. The third kappa shape index (κ3) is 3.84. The van der Waals surface area contributed by atoms with Gasteiger partial charge < -0.3 is 19.1 Å². The molecule has 0 spiro atoms. The van der Waals surface area contributed by atoms with Crippen molar-refractivity contribution in [3.05, 3.63) is 52.8 Å². The summed E-state index contributed by atoms with van der Waals surface area (Å²) in [6.07, 6.45) is 1.86. The first kappa shape index (κ1) is 20.6. The number of likely N-dealkylation sites (tertiary alicyclic amines) is 1. The molecule has 1 saturated heterocycles. The molecule has 1 atom stereocenters. The van der Waals surface area contributed by atoms with Gasteiger partial charge in [0.15, 0.2) is 22.1 Å². The summed E-state index contributed by atoms with van der Waals surface area (Å²) in [5.41, 5.74) is 1.92. The largest absolute Gasteiger partial charge is 0.497 e. The Balaban J connectivity index is 1.38. The number of carbonyl (C=O) groups excluding carboxylic acids is 1. The van der Waals surface area contributed by atoms with Gasteiger partial charge in [0.1, 0.15) is 25.5 Å². The van der Waals surface area contributed by atoms with Crippen LogP contribution >= 0.6 is 12.2 Å². The van der Waals surface area contributed by atoms with Crippen molar-refractivity contribution in [1.82, 2.24) is 19.7 Å². The van der Waals surface area contributed by atoms with Crippen molar-refractivity contribution in [3.8, 4) is 28.6 Å². The van der Waals surface area contributed by atoms with Crippen LogP contribution in [0.3, 0.4) is 0 Å². The number of H-pyrrole nitrogens is 1. The molecule has 9 heteroatoms. The number of rotatable bonds is 5. The molecule has 166 valence electrons. The molecule has 2 aromatic carbocycles.